The number of amides is 1. The molecular weight excluding hydrogens is 380 g/mol. The van der Waals surface area contributed by atoms with Crippen molar-refractivity contribution < 1.29 is 13.2 Å². The van der Waals surface area contributed by atoms with E-state index >= 15 is 0 Å². The summed E-state index contributed by atoms with van der Waals surface area (Å²) in [4.78, 5) is 23.0. The van der Waals surface area contributed by atoms with Gasteiger partial charge in [-0.25, -0.2) is 9.97 Å². The van der Waals surface area contributed by atoms with Crippen molar-refractivity contribution in [3.05, 3.63) is 17.1 Å². The van der Waals surface area contributed by atoms with Gasteiger partial charge >= 0.3 is 0 Å². The second kappa shape index (κ2) is 8.30. The van der Waals surface area contributed by atoms with Crippen LogP contribution in [0.25, 0.3) is 0 Å². The van der Waals surface area contributed by atoms with E-state index in [0.29, 0.717) is 57.9 Å². The van der Waals surface area contributed by atoms with Crippen molar-refractivity contribution in [3.63, 3.8) is 0 Å². The first-order valence-electron chi connectivity index (χ1n) is 9.89. The molecule has 1 saturated heterocycles. The highest BCUT2D eigenvalue weighted by Crippen LogP contribution is 2.31. The van der Waals surface area contributed by atoms with Crippen molar-refractivity contribution in [2.45, 2.75) is 46.1 Å². The van der Waals surface area contributed by atoms with Gasteiger partial charge in [0.15, 0.2) is 0 Å². The zero-order chi connectivity index (χ0) is 20.5. The Balaban J connectivity index is 1.83. The number of fused-ring (bicyclic) bond motifs is 1. The van der Waals surface area contributed by atoms with Gasteiger partial charge in [-0.15, -0.1) is 0 Å². The van der Waals surface area contributed by atoms with Crippen LogP contribution in [0.15, 0.2) is 0 Å². The molecule has 2 aliphatic heterocycles. The minimum atomic E-state index is -3.44. The third kappa shape index (κ3) is 3.85. The fourth-order valence-electron chi connectivity index (χ4n) is 3.95. The Hall–Kier alpha value is -1.78. The van der Waals surface area contributed by atoms with Crippen molar-refractivity contribution in [3.8, 4) is 0 Å². The standard InChI is InChI=1S/C18H30N6O3S/c1-5-23(6-2)28(26,27)24-10-7-14(11-24)17-20-16-8-9-22(13(3)25)12-15(16)18(19-4)21-17/h14H,5-12H2,1-4H3,(H,19,20,21). The maximum Gasteiger partial charge on any atom is 0.281 e. The average molecular weight is 411 g/mol. The lowest BCUT2D eigenvalue weighted by Crippen LogP contribution is -2.42. The van der Waals surface area contributed by atoms with E-state index in [0.717, 1.165) is 17.1 Å². The van der Waals surface area contributed by atoms with E-state index in [9.17, 15) is 13.2 Å². The van der Waals surface area contributed by atoms with Gasteiger partial charge < -0.3 is 10.2 Å². The molecular formula is C18H30N6O3S. The summed E-state index contributed by atoms with van der Waals surface area (Å²) in [6, 6.07) is 0. The predicted octanol–water partition coefficient (Wildman–Crippen LogP) is 0.799. The van der Waals surface area contributed by atoms with Crippen LogP contribution in [-0.2, 0) is 28.0 Å². The molecule has 0 radical (unpaired) electrons. The predicted molar refractivity (Wildman–Crippen MR) is 107 cm³/mol. The zero-order valence-electron chi connectivity index (χ0n) is 17.1. The van der Waals surface area contributed by atoms with Gasteiger partial charge in [-0.3, -0.25) is 4.79 Å². The zero-order valence-corrected chi connectivity index (χ0v) is 17.9. The van der Waals surface area contributed by atoms with E-state index < -0.39 is 10.2 Å². The number of rotatable bonds is 6. The summed E-state index contributed by atoms with van der Waals surface area (Å²) in [5.41, 5.74) is 1.91. The molecule has 1 N–H and O–H groups in total. The second-order valence-corrected chi connectivity index (χ2v) is 9.16. The molecule has 1 atom stereocenters. The highest BCUT2D eigenvalue weighted by Gasteiger charge is 2.37. The van der Waals surface area contributed by atoms with E-state index in [2.05, 4.69) is 10.3 Å². The van der Waals surface area contributed by atoms with Gasteiger partial charge in [-0.2, -0.15) is 17.0 Å². The Labute approximate surface area is 167 Å². The van der Waals surface area contributed by atoms with Crippen molar-refractivity contribution in [1.82, 2.24) is 23.5 Å². The monoisotopic (exact) mass is 410 g/mol. The molecule has 1 amide bonds. The highest BCUT2D eigenvalue weighted by molar-refractivity contribution is 7.86. The van der Waals surface area contributed by atoms with E-state index in [4.69, 9.17) is 4.98 Å². The van der Waals surface area contributed by atoms with Crippen LogP contribution in [0.2, 0.25) is 0 Å². The van der Waals surface area contributed by atoms with Crippen molar-refractivity contribution >= 4 is 21.9 Å². The molecule has 10 heteroatoms. The number of hydrogen-bond donors (Lipinski definition) is 1. The molecule has 0 aliphatic carbocycles. The summed E-state index contributed by atoms with van der Waals surface area (Å²) in [6.45, 7) is 8.25. The molecule has 1 unspecified atom stereocenters. The van der Waals surface area contributed by atoms with Gasteiger partial charge in [0.1, 0.15) is 11.6 Å². The lowest BCUT2D eigenvalue weighted by molar-refractivity contribution is -0.129. The Morgan fingerprint density at radius 3 is 2.57 bits per heavy atom. The number of aromatic nitrogens is 2. The van der Waals surface area contributed by atoms with Gasteiger partial charge in [0, 0.05) is 64.6 Å². The van der Waals surface area contributed by atoms with E-state index in [1.54, 1.807) is 16.1 Å². The van der Waals surface area contributed by atoms with Gasteiger partial charge in [-0.1, -0.05) is 13.8 Å². The number of nitrogens with one attached hydrogen (secondary N) is 1. The summed E-state index contributed by atoms with van der Waals surface area (Å²) < 4.78 is 28.6. The summed E-state index contributed by atoms with van der Waals surface area (Å²) in [6.07, 6.45) is 1.40. The SMILES string of the molecule is CCN(CC)S(=O)(=O)N1CCC(c2nc3c(c(NC)n2)CN(C(C)=O)CC3)C1. The van der Waals surface area contributed by atoms with Crippen molar-refractivity contribution in [2.75, 3.05) is 45.1 Å². The molecule has 0 bridgehead atoms. The largest absolute Gasteiger partial charge is 0.373 e. The quantitative estimate of drug-likeness (QED) is 0.745. The van der Waals surface area contributed by atoms with Crippen LogP contribution in [0.5, 0.6) is 0 Å². The van der Waals surface area contributed by atoms with Crippen LogP contribution < -0.4 is 5.32 Å². The van der Waals surface area contributed by atoms with Crippen LogP contribution in [0.3, 0.4) is 0 Å². The molecule has 3 rings (SSSR count). The maximum atomic E-state index is 12.8. The smallest absolute Gasteiger partial charge is 0.281 e. The first-order chi connectivity index (χ1) is 13.3. The molecule has 0 aromatic carbocycles. The number of carbonyl (C=O) groups is 1. The minimum absolute atomic E-state index is 0.0198. The number of anilines is 1. The minimum Gasteiger partial charge on any atom is -0.373 e. The molecule has 28 heavy (non-hydrogen) atoms. The topological polar surface area (TPSA) is 98.7 Å². The second-order valence-electron chi connectivity index (χ2n) is 7.23. The van der Waals surface area contributed by atoms with Crippen molar-refractivity contribution in [2.24, 2.45) is 0 Å². The first-order valence-corrected chi connectivity index (χ1v) is 11.3. The number of nitrogens with zero attached hydrogens (tertiary/aromatic N) is 5. The Kier molecular flexibility index (Phi) is 6.21. The molecule has 0 spiro atoms. The molecule has 9 nitrogen and oxygen atoms in total. The Bertz CT molecular complexity index is 823. The highest BCUT2D eigenvalue weighted by atomic mass is 32.2. The van der Waals surface area contributed by atoms with Gasteiger partial charge in [0.05, 0.1) is 12.2 Å². The summed E-state index contributed by atoms with van der Waals surface area (Å²) >= 11 is 0. The molecule has 1 fully saturated rings. The Morgan fingerprint density at radius 2 is 1.96 bits per heavy atom. The van der Waals surface area contributed by atoms with Crippen LogP contribution in [0.1, 0.15) is 50.2 Å². The van der Waals surface area contributed by atoms with Crippen LogP contribution in [0.4, 0.5) is 5.82 Å². The summed E-state index contributed by atoms with van der Waals surface area (Å²) in [5, 5.41) is 3.13. The van der Waals surface area contributed by atoms with Crippen molar-refractivity contribution in [1.29, 1.82) is 0 Å². The molecule has 1 aromatic heterocycles. The Morgan fingerprint density at radius 1 is 1.25 bits per heavy atom. The molecule has 156 valence electrons. The van der Waals surface area contributed by atoms with E-state index in [1.807, 2.05) is 20.9 Å². The van der Waals surface area contributed by atoms with Crippen LogP contribution >= 0.6 is 0 Å². The third-order valence-corrected chi connectivity index (χ3v) is 7.79. The van der Waals surface area contributed by atoms with E-state index in [1.165, 1.54) is 4.31 Å². The maximum absolute atomic E-state index is 12.8. The molecule has 2 aliphatic rings. The lowest BCUT2D eigenvalue weighted by Gasteiger charge is -2.29. The average Bonchev–Trinajstić information content (AvgIpc) is 3.18. The fraction of sp³-hybridized carbons (Fsp3) is 0.722. The third-order valence-electron chi connectivity index (χ3n) is 5.63. The van der Waals surface area contributed by atoms with Gasteiger partial charge in [0.2, 0.25) is 5.91 Å². The summed E-state index contributed by atoms with van der Waals surface area (Å²) in [5.74, 6) is 1.45. The van der Waals surface area contributed by atoms with Crippen LogP contribution in [-0.4, -0.2) is 77.6 Å². The number of hydrogen-bond acceptors (Lipinski definition) is 6. The fourth-order valence-corrected chi connectivity index (χ4v) is 5.64. The van der Waals surface area contributed by atoms with E-state index in [-0.39, 0.29) is 11.8 Å². The number of carbonyl (C=O) groups excluding carboxylic acids is 1. The first kappa shape index (κ1) is 20.9. The van der Waals surface area contributed by atoms with Gasteiger partial charge in [-0.05, 0) is 6.42 Å². The normalized spacial score (nSPS) is 20.5. The molecule has 1 aromatic rings. The summed E-state index contributed by atoms with van der Waals surface area (Å²) in [7, 11) is -1.63. The van der Waals surface area contributed by atoms with Gasteiger partial charge in [0.25, 0.3) is 10.2 Å². The molecule has 0 saturated carbocycles. The van der Waals surface area contributed by atoms with Crippen LogP contribution in [0, 0.1) is 0 Å². The molecule has 3 heterocycles. The lowest BCUT2D eigenvalue weighted by atomic mass is 10.0.